The quantitative estimate of drug-likeness (QED) is 0.490. The number of Topliss-reactive ketones (excluding diaryl/α,β-unsaturated/α-hetero) is 1. The van der Waals surface area contributed by atoms with Crippen LogP contribution in [0.2, 0.25) is 0 Å². The zero-order valence-electron chi connectivity index (χ0n) is 11.4. The summed E-state index contributed by atoms with van der Waals surface area (Å²) < 4.78 is 4.94. The van der Waals surface area contributed by atoms with E-state index in [4.69, 9.17) is 9.84 Å². The molecule has 1 aromatic rings. The van der Waals surface area contributed by atoms with Crippen molar-refractivity contribution in [2.75, 3.05) is 6.61 Å². The van der Waals surface area contributed by atoms with Crippen LogP contribution in [0.25, 0.3) is 6.08 Å². The molecular formula is C15H16O5. The normalized spacial score (nSPS) is 10.5. The average molecular weight is 276 g/mol. The Morgan fingerprint density at radius 2 is 1.95 bits per heavy atom. The van der Waals surface area contributed by atoms with Gasteiger partial charge in [0.1, 0.15) is 0 Å². The van der Waals surface area contributed by atoms with Crippen molar-refractivity contribution in [2.45, 2.75) is 20.3 Å². The smallest absolute Gasteiger partial charge is 0.339 e. The van der Waals surface area contributed by atoms with E-state index in [9.17, 15) is 14.4 Å². The number of aliphatic carboxylic acids is 1. The minimum Gasteiger partial charge on any atom is -0.478 e. The highest BCUT2D eigenvalue weighted by Crippen LogP contribution is 2.19. The predicted octanol–water partition coefficient (Wildman–Crippen LogP) is 2.55. The number of carboxylic acid groups (broad SMARTS) is 1. The van der Waals surface area contributed by atoms with Gasteiger partial charge >= 0.3 is 11.9 Å². The summed E-state index contributed by atoms with van der Waals surface area (Å²) in [6.07, 6.45) is 2.44. The number of carboxylic acids is 1. The van der Waals surface area contributed by atoms with Crippen molar-refractivity contribution >= 4 is 23.8 Å². The summed E-state index contributed by atoms with van der Waals surface area (Å²) in [6, 6.07) is 4.71. The second-order valence-corrected chi connectivity index (χ2v) is 3.94. The number of rotatable bonds is 6. The van der Waals surface area contributed by atoms with Gasteiger partial charge in [0.2, 0.25) is 0 Å². The molecule has 0 spiro atoms. The van der Waals surface area contributed by atoms with Gasteiger partial charge in [-0.25, -0.2) is 9.59 Å². The molecule has 5 heteroatoms. The molecular weight excluding hydrogens is 260 g/mol. The van der Waals surface area contributed by atoms with Crippen LogP contribution in [0, 0.1) is 0 Å². The topological polar surface area (TPSA) is 80.7 Å². The minimum atomic E-state index is -1.13. The third kappa shape index (κ3) is 3.78. The first-order valence-corrected chi connectivity index (χ1v) is 6.25. The molecule has 1 aromatic carbocycles. The van der Waals surface area contributed by atoms with E-state index in [1.54, 1.807) is 26.0 Å². The van der Waals surface area contributed by atoms with Gasteiger partial charge in [-0.05, 0) is 18.6 Å². The Labute approximate surface area is 116 Å². The van der Waals surface area contributed by atoms with Crippen LogP contribution in [0.3, 0.4) is 0 Å². The lowest BCUT2D eigenvalue weighted by Gasteiger charge is -2.10. The third-order valence-electron chi connectivity index (χ3n) is 2.60. The number of carbonyl (C=O) groups is 3. The van der Waals surface area contributed by atoms with Crippen LogP contribution < -0.4 is 0 Å². The Balaban J connectivity index is 3.39. The van der Waals surface area contributed by atoms with Gasteiger partial charge in [0.05, 0.1) is 12.2 Å². The number of esters is 1. The zero-order chi connectivity index (χ0) is 15.1. The van der Waals surface area contributed by atoms with Gasteiger partial charge in [-0.2, -0.15) is 0 Å². The molecule has 0 aromatic heterocycles. The first-order chi connectivity index (χ1) is 9.51. The van der Waals surface area contributed by atoms with Crippen LogP contribution in [0.15, 0.2) is 24.3 Å². The van der Waals surface area contributed by atoms with Crippen molar-refractivity contribution in [3.05, 3.63) is 41.0 Å². The Morgan fingerprint density at radius 3 is 2.50 bits per heavy atom. The maximum Gasteiger partial charge on any atom is 0.339 e. The van der Waals surface area contributed by atoms with Gasteiger partial charge in [0, 0.05) is 18.1 Å². The van der Waals surface area contributed by atoms with Gasteiger partial charge < -0.3 is 9.84 Å². The Hall–Kier alpha value is -2.43. The lowest BCUT2D eigenvalue weighted by atomic mass is 9.96. The lowest BCUT2D eigenvalue weighted by molar-refractivity contribution is -0.131. The first-order valence-electron chi connectivity index (χ1n) is 6.25. The molecule has 20 heavy (non-hydrogen) atoms. The molecule has 0 bridgehead atoms. The highest BCUT2D eigenvalue weighted by atomic mass is 16.5. The molecule has 0 saturated heterocycles. The van der Waals surface area contributed by atoms with E-state index in [0.29, 0.717) is 5.56 Å². The van der Waals surface area contributed by atoms with Crippen LogP contribution in [0.1, 0.15) is 46.5 Å². The van der Waals surface area contributed by atoms with E-state index in [-0.39, 0.29) is 29.9 Å². The fourth-order valence-corrected chi connectivity index (χ4v) is 1.72. The maximum atomic E-state index is 12.0. The van der Waals surface area contributed by atoms with Crippen LogP contribution in [0.5, 0.6) is 0 Å². The van der Waals surface area contributed by atoms with E-state index < -0.39 is 11.9 Å². The van der Waals surface area contributed by atoms with Crippen molar-refractivity contribution in [2.24, 2.45) is 0 Å². The Morgan fingerprint density at radius 1 is 1.25 bits per heavy atom. The molecule has 0 amide bonds. The lowest BCUT2D eigenvalue weighted by Crippen LogP contribution is -2.13. The summed E-state index contributed by atoms with van der Waals surface area (Å²) >= 11 is 0. The van der Waals surface area contributed by atoms with Gasteiger partial charge in [-0.3, -0.25) is 4.79 Å². The first kappa shape index (κ1) is 15.6. The summed E-state index contributed by atoms with van der Waals surface area (Å²) in [5.74, 6) is -1.96. The molecule has 1 rings (SSSR count). The van der Waals surface area contributed by atoms with Gasteiger partial charge in [-0.15, -0.1) is 0 Å². The Bertz CT molecular complexity index is 557. The fourth-order valence-electron chi connectivity index (χ4n) is 1.72. The highest BCUT2D eigenvalue weighted by Gasteiger charge is 2.19. The van der Waals surface area contributed by atoms with Gasteiger partial charge in [0.25, 0.3) is 0 Å². The summed E-state index contributed by atoms with van der Waals surface area (Å²) in [7, 11) is 0. The van der Waals surface area contributed by atoms with Crippen molar-refractivity contribution in [1.82, 2.24) is 0 Å². The van der Waals surface area contributed by atoms with Gasteiger partial charge in [-0.1, -0.05) is 25.1 Å². The Kier molecular flexibility index (Phi) is 5.65. The number of hydrogen-bond acceptors (Lipinski definition) is 4. The van der Waals surface area contributed by atoms with Crippen LogP contribution >= 0.6 is 0 Å². The second-order valence-electron chi connectivity index (χ2n) is 3.94. The van der Waals surface area contributed by atoms with Crippen molar-refractivity contribution < 1.29 is 24.2 Å². The summed E-state index contributed by atoms with van der Waals surface area (Å²) in [5, 5.41) is 8.66. The van der Waals surface area contributed by atoms with E-state index in [1.165, 1.54) is 12.1 Å². The standard InChI is InChI=1S/C15H16O5/c1-3-12(16)11-7-5-6-10(8-9-13(17)18)14(11)15(19)20-4-2/h5-9H,3-4H2,1-2H3,(H,17,18)/b9-8+. The number of carbonyl (C=O) groups excluding carboxylic acids is 2. The molecule has 5 nitrogen and oxygen atoms in total. The molecule has 0 aliphatic rings. The monoisotopic (exact) mass is 276 g/mol. The molecule has 1 N–H and O–H groups in total. The third-order valence-corrected chi connectivity index (χ3v) is 2.60. The van der Waals surface area contributed by atoms with Crippen molar-refractivity contribution in [3.8, 4) is 0 Å². The molecule has 0 atom stereocenters. The van der Waals surface area contributed by atoms with Crippen LogP contribution in [0.4, 0.5) is 0 Å². The number of hydrogen-bond donors (Lipinski definition) is 1. The van der Waals surface area contributed by atoms with Gasteiger partial charge in [0.15, 0.2) is 5.78 Å². The van der Waals surface area contributed by atoms with Crippen LogP contribution in [-0.4, -0.2) is 29.4 Å². The average Bonchev–Trinajstić information content (AvgIpc) is 2.43. The molecule has 0 aliphatic carbocycles. The largest absolute Gasteiger partial charge is 0.478 e. The number of ether oxygens (including phenoxy) is 1. The molecule has 0 fully saturated rings. The molecule has 0 heterocycles. The van der Waals surface area contributed by atoms with Crippen molar-refractivity contribution in [1.29, 1.82) is 0 Å². The fraction of sp³-hybridized carbons (Fsp3) is 0.267. The summed E-state index contributed by atoms with van der Waals surface area (Å²) in [4.78, 5) is 34.5. The summed E-state index contributed by atoms with van der Waals surface area (Å²) in [5.41, 5.74) is 0.710. The predicted molar refractivity (Wildman–Crippen MR) is 73.7 cm³/mol. The van der Waals surface area contributed by atoms with Crippen molar-refractivity contribution in [3.63, 3.8) is 0 Å². The highest BCUT2D eigenvalue weighted by molar-refractivity contribution is 6.08. The zero-order valence-corrected chi connectivity index (χ0v) is 11.4. The summed E-state index contributed by atoms with van der Waals surface area (Å²) in [6.45, 7) is 3.53. The minimum absolute atomic E-state index is 0.110. The van der Waals surface area contributed by atoms with E-state index in [2.05, 4.69) is 0 Å². The maximum absolute atomic E-state index is 12.0. The van der Waals surface area contributed by atoms with E-state index in [1.807, 2.05) is 0 Å². The molecule has 0 aliphatic heterocycles. The number of ketones is 1. The molecule has 0 unspecified atom stereocenters. The molecule has 0 radical (unpaired) electrons. The number of benzene rings is 1. The second kappa shape index (κ2) is 7.23. The van der Waals surface area contributed by atoms with E-state index in [0.717, 1.165) is 6.08 Å². The van der Waals surface area contributed by atoms with E-state index >= 15 is 0 Å². The molecule has 0 saturated carbocycles. The molecule has 106 valence electrons. The van der Waals surface area contributed by atoms with Crippen LogP contribution in [-0.2, 0) is 9.53 Å². The SMILES string of the molecule is CCOC(=O)c1c(/C=C/C(=O)O)cccc1C(=O)CC.